The van der Waals surface area contributed by atoms with Gasteiger partial charge in [-0.25, -0.2) is 8.42 Å². The first-order valence-corrected chi connectivity index (χ1v) is 16.3. The predicted molar refractivity (Wildman–Crippen MR) is 174 cm³/mol. The summed E-state index contributed by atoms with van der Waals surface area (Å²) in [6, 6.07) is 14.2. The molecule has 1 N–H and O–H groups in total. The van der Waals surface area contributed by atoms with Crippen LogP contribution in [-0.4, -0.2) is 55.8 Å². The number of amides is 2. The Balaban J connectivity index is 2.18. The van der Waals surface area contributed by atoms with E-state index < -0.39 is 44.0 Å². The number of ether oxygens (including phenoxy) is 1. The standard InChI is InChI=1S/C32H39ClN4O7S/c1-7-23(5)34-32(39)27(8-2)35(19-24-12-9-21(3)10-13-24)31(38)20-36(29-17-25(33)14-16-30(29)44-6)45(42,43)26-15-11-22(4)28(18-26)37(40)41/h9-18,23,27H,7-8,19-20H2,1-6H3,(H,34,39)/t23-,27+/m1/s1. The summed E-state index contributed by atoms with van der Waals surface area (Å²) in [5, 5.41) is 14.8. The summed E-state index contributed by atoms with van der Waals surface area (Å²) in [5.41, 5.74) is 1.58. The molecule has 0 spiro atoms. The molecule has 0 aliphatic heterocycles. The van der Waals surface area contributed by atoms with E-state index in [0.717, 1.165) is 21.5 Å². The fourth-order valence-corrected chi connectivity index (χ4v) is 6.30. The van der Waals surface area contributed by atoms with Gasteiger partial charge in [0.2, 0.25) is 11.8 Å². The summed E-state index contributed by atoms with van der Waals surface area (Å²) >= 11 is 6.28. The first-order valence-electron chi connectivity index (χ1n) is 14.5. The van der Waals surface area contributed by atoms with E-state index in [-0.39, 0.29) is 46.9 Å². The predicted octanol–water partition coefficient (Wildman–Crippen LogP) is 5.79. The molecule has 242 valence electrons. The molecule has 45 heavy (non-hydrogen) atoms. The van der Waals surface area contributed by atoms with Gasteiger partial charge in [-0.3, -0.25) is 24.0 Å². The van der Waals surface area contributed by atoms with Crippen LogP contribution < -0.4 is 14.4 Å². The average molecular weight is 659 g/mol. The number of methoxy groups -OCH3 is 1. The Morgan fingerprint density at radius 2 is 1.69 bits per heavy atom. The minimum Gasteiger partial charge on any atom is -0.495 e. The smallest absolute Gasteiger partial charge is 0.273 e. The number of carbonyl (C=O) groups excluding carboxylic acids is 2. The van der Waals surface area contributed by atoms with Crippen molar-refractivity contribution in [2.45, 2.75) is 71.0 Å². The zero-order chi connectivity index (χ0) is 33.5. The number of halogens is 1. The molecule has 0 bridgehead atoms. The number of hydrogen-bond acceptors (Lipinski definition) is 7. The summed E-state index contributed by atoms with van der Waals surface area (Å²) in [6.07, 6.45) is 0.939. The number of benzene rings is 3. The van der Waals surface area contributed by atoms with Gasteiger partial charge in [0, 0.05) is 29.2 Å². The number of nitro groups is 1. The largest absolute Gasteiger partial charge is 0.495 e. The highest BCUT2D eigenvalue weighted by Crippen LogP contribution is 2.36. The van der Waals surface area contributed by atoms with Crippen molar-refractivity contribution < 1.29 is 27.7 Å². The molecule has 0 aliphatic carbocycles. The topological polar surface area (TPSA) is 139 Å². The van der Waals surface area contributed by atoms with Crippen LogP contribution in [0, 0.1) is 24.0 Å². The Kier molecular flexibility index (Phi) is 11.9. The van der Waals surface area contributed by atoms with E-state index in [1.54, 1.807) is 6.92 Å². The maximum atomic E-state index is 14.3. The van der Waals surface area contributed by atoms with Gasteiger partial charge in [0.1, 0.15) is 18.3 Å². The van der Waals surface area contributed by atoms with Crippen LogP contribution in [0.4, 0.5) is 11.4 Å². The molecule has 0 aromatic heterocycles. The van der Waals surface area contributed by atoms with Gasteiger partial charge in [-0.15, -0.1) is 0 Å². The molecule has 3 aromatic rings. The normalized spacial score (nSPS) is 12.6. The highest BCUT2D eigenvalue weighted by atomic mass is 35.5. The molecule has 0 unspecified atom stereocenters. The Labute approximate surface area is 269 Å². The van der Waals surface area contributed by atoms with Crippen LogP contribution in [0.25, 0.3) is 0 Å². The van der Waals surface area contributed by atoms with Crippen LogP contribution >= 0.6 is 11.6 Å². The van der Waals surface area contributed by atoms with Crippen LogP contribution in [0.15, 0.2) is 65.6 Å². The Bertz CT molecular complexity index is 1650. The number of carbonyl (C=O) groups is 2. The van der Waals surface area contributed by atoms with Crippen molar-refractivity contribution >= 4 is 44.8 Å². The molecular weight excluding hydrogens is 620 g/mol. The lowest BCUT2D eigenvalue weighted by molar-refractivity contribution is -0.385. The number of anilines is 1. The number of nitrogens with one attached hydrogen (secondary N) is 1. The monoisotopic (exact) mass is 658 g/mol. The van der Waals surface area contributed by atoms with E-state index in [0.29, 0.717) is 6.42 Å². The highest BCUT2D eigenvalue weighted by Gasteiger charge is 2.36. The Morgan fingerprint density at radius 1 is 1.02 bits per heavy atom. The molecule has 13 heteroatoms. The van der Waals surface area contributed by atoms with Crippen molar-refractivity contribution in [1.82, 2.24) is 10.2 Å². The van der Waals surface area contributed by atoms with Crippen LogP contribution in [-0.2, 0) is 26.2 Å². The van der Waals surface area contributed by atoms with E-state index in [1.165, 1.54) is 49.3 Å². The lowest BCUT2D eigenvalue weighted by Gasteiger charge is -2.34. The second-order valence-electron chi connectivity index (χ2n) is 10.8. The number of sulfonamides is 1. The molecule has 0 heterocycles. The molecule has 2 atom stereocenters. The van der Waals surface area contributed by atoms with Crippen LogP contribution in [0.5, 0.6) is 5.75 Å². The average Bonchev–Trinajstić information content (AvgIpc) is 3.00. The quantitative estimate of drug-likeness (QED) is 0.171. The molecule has 0 saturated carbocycles. The SMILES string of the molecule is CC[C@@H](C)NC(=O)[C@H](CC)N(Cc1ccc(C)cc1)C(=O)CN(c1cc(Cl)ccc1OC)S(=O)(=O)c1ccc(C)c([N+](=O)[O-])c1. The Hall–Kier alpha value is -4.16. The van der Waals surface area contributed by atoms with Gasteiger partial charge in [-0.1, -0.05) is 61.3 Å². The van der Waals surface area contributed by atoms with Crippen molar-refractivity contribution in [2.75, 3.05) is 18.0 Å². The number of rotatable bonds is 14. The second-order valence-corrected chi connectivity index (χ2v) is 13.1. The molecule has 0 radical (unpaired) electrons. The van der Waals surface area contributed by atoms with Gasteiger partial charge in [0.25, 0.3) is 15.7 Å². The van der Waals surface area contributed by atoms with E-state index in [2.05, 4.69) is 5.32 Å². The Morgan fingerprint density at radius 3 is 2.27 bits per heavy atom. The van der Waals surface area contributed by atoms with Crippen molar-refractivity contribution in [3.63, 3.8) is 0 Å². The van der Waals surface area contributed by atoms with E-state index >= 15 is 0 Å². The van der Waals surface area contributed by atoms with Gasteiger partial charge in [-0.2, -0.15) is 0 Å². The highest BCUT2D eigenvalue weighted by molar-refractivity contribution is 7.92. The fourth-order valence-electron chi connectivity index (χ4n) is 4.70. The number of aryl methyl sites for hydroxylation is 2. The molecule has 2 amide bonds. The molecule has 3 aromatic carbocycles. The van der Waals surface area contributed by atoms with E-state index in [4.69, 9.17) is 16.3 Å². The summed E-state index contributed by atoms with van der Waals surface area (Å²) in [6.45, 7) is 8.26. The van der Waals surface area contributed by atoms with Gasteiger partial charge >= 0.3 is 0 Å². The minimum absolute atomic E-state index is 0.0299. The second kappa shape index (κ2) is 15.2. The summed E-state index contributed by atoms with van der Waals surface area (Å²) in [7, 11) is -3.28. The van der Waals surface area contributed by atoms with E-state index in [9.17, 15) is 28.1 Å². The zero-order valence-electron chi connectivity index (χ0n) is 26.2. The number of nitrogens with zero attached hydrogens (tertiary/aromatic N) is 3. The first-order chi connectivity index (χ1) is 21.2. The van der Waals surface area contributed by atoms with Gasteiger partial charge in [0.05, 0.1) is 22.6 Å². The third-order valence-electron chi connectivity index (χ3n) is 7.51. The lowest BCUT2D eigenvalue weighted by Crippen LogP contribution is -2.53. The number of nitro benzene ring substituents is 1. The molecular formula is C32H39ClN4O7S. The van der Waals surface area contributed by atoms with Crippen molar-refractivity contribution in [2.24, 2.45) is 0 Å². The summed E-state index contributed by atoms with van der Waals surface area (Å²) < 4.78 is 34.8. The van der Waals surface area contributed by atoms with Crippen molar-refractivity contribution in [1.29, 1.82) is 0 Å². The van der Waals surface area contributed by atoms with Crippen LogP contribution in [0.2, 0.25) is 5.02 Å². The maximum Gasteiger partial charge on any atom is 0.273 e. The van der Waals surface area contributed by atoms with Gasteiger partial charge in [-0.05, 0) is 63.4 Å². The van der Waals surface area contributed by atoms with Gasteiger partial charge in [0.15, 0.2) is 0 Å². The van der Waals surface area contributed by atoms with Crippen LogP contribution in [0.3, 0.4) is 0 Å². The molecule has 0 fully saturated rings. The van der Waals surface area contributed by atoms with Gasteiger partial charge < -0.3 is 15.0 Å². The third-order valence-corrected chi connectivity index (χ3v) is 9.51. The van der Waals surface area contributed by atoms with Crippen molar-refractivity contribution in [3.05, 3.63) is 92.5 Å². The lowest BCUT2D eigenvalue weighted by atomic mass is 10.1. The maximum absolute atomic E-state index is 14.3. The minimum atomic E-state index is -4.62. The summed E-state index contributed by atoms with van der Waals surface area (Å²) in [5.74, 6) is -0.936. The third kappa shape index (κ3) is 8.52. The molecule has 3 rings (SSSR count). The first kappa shape index (κ1) is 35.3. The number of hydrogen-bond donors (Lipinski definition) is 1. The van der Waals surface area contributed by atoms with Crippen LogP contribution in [0.1, 0.15) is 50.3 Å². The molecule has 0 aliphatic rings. The molecule has 0 saturated heterocycles. The summed E-state index contributed by atoms with van der Waals surface area (Å²) in [4.78, 5) is 39.7. The fraction of sp³-hybridized carbons (Fsp3) is 0.375. The zero-order valence-corrected chi connectivity index (χ0v) is 27.8. The van der Waals surface area contributed by atoms with Crippen molar-refractivity contribution in [3.8, 4) is 5.75 Å². The molecule has 11 nitrogen and oxygen atoms in total. The van der Waals surface area contributed by atoms with E-state index in [1.807, 2.05) is 45.0 Å².